The van der Waals surface area contributed by atoms with Gasteiger partial charge in [0.25, 0.3) is 0 Å². The van der Waals surface area contributed by atoms with Gasteiger partial charge in [-0.1, -0.05) is 60.2 Å². The molecule has 2 aromatic carbocycles. The maximum Gasteiger partial charge on any atom is 0.410 e. The molecule has 0 aromatic heterocycles. The number of benzene rings is 2. The fourth-order valence-electron chi connectivity index (χ4n) is 4.10. The Bertz CT molecular complexity index is 1000. The first kappa shape index (κ1) is 24.0. The van der Waals surface area contributed by atoms with E-state index in [2.05, 4.69) is 0 Å². The number of carboxylic acid groups (broad SMARTS) is 1. The number of aliphatic carboxylic acids is 1. The molecule has 1 fully saturated rings. The summed E-state index contributed by atoms with van der Waals surface area (Å²) in [6, 6.07) is 14.7. The molecule has 3 atom stereocenters. The zero-order valence-electron chi connectivity index (χ0n) is 18.6. The van der Waals surface area contributed by atoms with Crippen molar-refractivity contribution < 1.29 is 33.8 Å². The Hall–Kier alpha value is -3.68. The van der Waals surface area contributed by atoms with Crippen LogP contribution in [0.5, 0.6) is 0 Å². The molecule has 1 aliphatic heterocycles. The van der Waals surface area contributed by atoms with Crippen LogP contribution in [0.3, 0.4) is 0 Å². The molecule has 8 nitrogen and oxygen atoms in total. The number of amides is 1. The van der Waals surface area contributed by atoms with E-state index >= 15 is 0 Å². The van der Waals surface area contributed by atoms with E-state index in [9.17, 15) is 24.3 Å². The molecule has 3 rings (SSSR count). The first-order chi connectivity index (χ1) is 15.8. The minimum absolute atomic E-state index is 0.0219. The molecule has 0 aliphatic carbocycles. The number of carbonyl (C=O) groups excluding carboxylic acids is 3. The number of Topliss-reactive ketones (excluding diaryl/α,β-unsaturated/α-hetero) is 1. The van der Waals surface area contributed by atoms with E-state index in [0.29, 0.717) is 5.56 Å². The Morgan fingerprint density at radius 3 is 2.27 bits per heavy atom. The third kappa shape index (κ3) is 5.77. The molecule has 1 heterocycles. The van der Waals surface area contributed by atoms with Crippen molar-refractivity contribution in [2.24, 2.45) is 11.8 Å². The van der Waals surface area contributed by atoms with Crippen LogP contribution in [0.25, 0.3) is 0 Å². The van der Waals surface area contributed by atoms with Crippen LogP contribution in [-0.2, 0) is 25.7 Å². The van der Waals surface area contributed by atoms with E-state index in [1.807, 2.05) is 13.0 Å². The van der Waals surface area contributed by atoms with Crippen LogP contribution >= 0.6 is 0 Å². The maximum atomic E-state index is 13.3. The predicted octanol–water partition coefficient (Wildman–Crippen LogP) is 3.47. The lowest BCUT2D eigenvalue weighted by Gasteiger charge is -2.25. The van der Waals surface area contributed by atoms with Crippen LogP contribution in [0.1, 0.15) is 34.8 Å². The first-order valence-electron chi connectivity index (χ1n) is 10.8. The van der Waals surface area contributed by atoms with Gasteiger partial charge in [-0.25, -0.2) is 9.59 Å². The highest BCUT2D eigenvalue weighted by Crippen LogP contribution is 2.36. The lowest BCUT2D eigenvalue weighted by Crippen LogP contribution is -2.45. The zero-order valence-corrected chi connectivity index (χ0v) is 18.6. The lowest BCUT2D eigenvalue weighted by molar-refractivity contribution is -0.150. The summed E-state index contributed by atoms with van der Waals surface area (Å²) in [6.07, 6.45) is -1.26. The Labute approximate surface area is 192 Å². The molecule has 0 unspecified atom stereocenters. The highest BCUT2D eigenvalue weighted by molar-refractivity contribution is 6.00. The van der Waals surface area contributed by atoms with Gasteiger partial charge in [-0.15, -0.1) is 0 Å². The number of ether oxygens (including phenoxy) is 2. The van der Waals surface area contributed by atoms with E-state index in [1.165, 1.54) is 0 Å². The molecule has 0 saturated carbocycles. The quantitative estimate of drug-likeness (QED) is 0.481. The summed E-state index contributed by atoms with van der Waals surface area (Å²) in [4.78, 5) is 51.8. The van der Waals surface area contributed by atoms with Gasteiger partial charge in [0.15, 0.2) is 5.78 Å². The van der Waals surface area contributed by atoms with E-state index < -0.39 is 42.3 Å². The molecule has 1 aliphatic rings. The van der Waals surface area contributed by atoms with Gasteiger partial charge in [-0.05, 0) is 19.4 Å². The molecule has 0 spiro atoms. The number of nitrogens with zero attached hydrogens (tertiary/aromatic N) is 1. The van der Waals surface area contributed by atoms with Crippen LogP contribution in [-0.4, -0.2) is 53.0 Å². The number of carbonyl (C=O) groups is 4. The van der Waals surface area contributed by atoms with Gasteiger partial charge in [0.2, 0.25) is 0 Å². The number of esters is 1. The number of hydrogen-bond donors (Lipinski definition) is 1. The van der Waals surface area contributed by atoms with E-state index in [0.717, 1.165) is 16.0 Å². The van der Waals surface area contributed by atoms with Gasteiger partial charge < -0.3 is 14.6 Å². The average Bonchev–Trinajstić information content (AvgIpc) is 3.17. The SMILES string of the molecule is CCOC(=O)[C@@H]1[C@@H](CC(=O)O)[C@@H](C(=O)c2ccc(C)cc2)CN1C(=O)OCc1ccccc1. The number of ketones is 1. The lowest BCUT2D eigenvalue weighted by atomic mass is 9.82. The van der Waals surface area contributed by atoms with Crippen molar-refractivity contribution in [3.05, 3.63) is 71.3 Å². The number of rotatable bonds is 8. The number of hydrogen-bond acceptors (Lipinski definition) is 6. The predicted molar refractivity (Wildman–Crippen MR) is 118 cm³/mol. The minimum Gasteiger partial charge on any atom is -0.481 e. The molecule has 0 radical (unpaired) electrons. The van der Waals surface area contributed by atoms with E-state index in [1.54, 1.807) is 55.5 Å². The van der Waals surface area contributed by atoms with Crippen molar-refractivity contribution in [1.29, 1.82) is 0 Å². The molecule has 1 N–H and O–H groups in total. The second-order valence-corrected chi connectivity index (χ2v) is 7.99. The van der Waals surface area contributed by atoms with E-state index in [4.69, 9.17) is 9.47 Å². The molecule has 174 valence electrons. The smallest absolute Gasteiger partial charge is 0.410 e. The van der Waals surface area contributed by atoms with Crippen LogP contribution in [0.4, 0.5) is 4.79 Å². The third-order valence-corrected chi connectivity index (χ3v) is 5.70. The summed E-state index contributed by atoms with van der Waals surface area (Å²) in [5.41, 5.74) is 2.12. The molecular formula is C25H27NO7. The van der Waals surface area contributed by atoms with Gasteiger partial charge in [0, 0.05) is 23.9 Å². The molecule has 33 heavy (non-hydrogen) atoms. The van der Waals surface area contributed by atoms with E-state index in [-0.39, 0.29) is 25.5 Å². The van der Waals surface area contributed by atoms with Gasteiger partial charge >= 0.3 is 18.0 Å². The summed E-state index contributed by atoms with van der Waals surface area (Å²) < 4.78 is 10.5. The Kier molecular flexibility index (Phi) is 7.82. The second kappa shape index (κ2) is 10.8. The molecule has 1 amide bonds. The summed E-state index contributed by atoms with van der Waals surface area (Å²) in [7, 11) is 0. The standard InChI is InChI=1S/C25H27NO7/c1-3-32-24(30)22-19(13-21(27)28)20(23(29)18-11-9-16(2)10-12-18)14-26(22)25(31)33-15-17-7-5-4-6-8-17/h4-12,19-20,22H,3,13-15H2,1-2H3,(H,27,28)/t19-,20-,22-/m0/s1. The summed E-state index contributed by atoms with van der Waals surface area (Å²) in [5.74, 6) is -4.08. The fraction of sp³-hybridized carbons (Fsp3) is 0.360. The summed E-state index contributed by atoms with van der Waals surface area (Å²) in [5, 5.41) is 9.49. The fourth-order valence-corrected chi connectivity index (χ4v) is 4.10. The van der Waals surface area contributed by atoms with Crippen molar-refractivity contribution in [1.82, 2.24) is 4.90 Å². The monoisotopic (exact) mass is 453 g/mol. The van der Waals surface area contributed by atoms with Crippen molar-refractivity contribution in [3.8, 4) is 0 Å². The van der Waals surface area contributed by atoms with Gasteiger partial charge in [0.1, 0.15) is 12.6 Å². The highest BCUT2D eigenvalue weighted by Gasteiger charge is 2.52. The second-order valence-electron chi connectivity index (χ2n) is 7.99. The largest absolute Gasteiger partial charge is 0.481 e. The van der Waals surface area contributed by atoms with Crippen molar-refractivity contribution in [2.45, 2.75) is 32.9 Å². The van der Waals surface area contributed by atoms with Gasteiger partial charge in [-0.2, -0.15) is 0 Å². The average molecular weight is 453 g/mol. The van der Waals surface area contributed by atoms with Crippen LogP contribution in [0.15, 0.2) is 54.6 Å². The van der Waals surface area contributed by atoms with Crippen LogP contribution in [0, 0.1) is 18.8 Å². The Balaban J connectivity index is 1.90. The van der Waals surface area contributed by atoms with Crippen LogP contribution in [0.2, 0.25) is 0 Å². The molecular weight excluding hydrogens is 426 g/mol. The Morgan fingerprint density at radius 1 is 1.00 bits per heavy atom. The van der Waals surface area contributed by atoms with Gasteiger partial charge in [0.05, 0.1) is 13.0 Å². The molecule has 0 bridgehead atoms. The molecule has 2 aromatic rings. The summed E-state index contributed by atoms with van der Waals surface area (Å²) in [6.45, 7) is 3.40. The number of likely N-dealkylation sites (tertiary alicyclic amines) is 1. The van der Waals surface area contributed by atoms with Crippen molar-refractivity contribution >= 4 is 23.8 Å². The molecule has 8 heteroatoms. The normalized spacial score (nSPS) is 19.7. The highest BCUT2D eigenvalue weighted by atomic mass is 16.6. The van der Waals surface area contributed by atoms with Crippen LogP contribution < -0.4 is 0 Å². The van der Waals surface area contributed by atoms with Crippen molar-refractivity contribution in [2.75, 3.05) is 13.2 Å². The van der Waals surface area contributed by atoms with Gasteiger partial charge in [-0.3, -0.25) is 14.5 Å². The maximum absolute atomic E-state index is 13.3. The first-order valence-corrected chi connectivity index (χ1v) is 10.8. The number of carboxylic acids is 1. The Morgan fingerprint density at radius 2 is 1.67 bits per heavy atom. The topological polar surface area (TPSA) is 110 Å². The van der Waals surface area contributed by atoms with Crippen molar-refractivity contribution in [3.63, 3.8) is 0 Å². The number of aryl methyl sites for hydroxylation is 1. The molecule has 1 saturated heterocycles. The summed E-state index contributed by atoms with van der Waals surface area (Å²) >= 11 is 0. The minimum atomic E-state index is -1.23. The zero-order chi connectivity index (χ0) is 24.0. The third-order valence-electron chi connectivity index (χ3n) is 5.70.